The summed E-state index contributed by atoms with van der Waals surface area (Å²) in [7, 11) is 0. The maximum Gasteiger partial charge on any atom is 0.264 e. The Hall–Kier alpha value is -5.58. The third-order valence-electron chi connectivity index (χ3n) is 9.34. The lowest BCUT2D eigenvalue weighted by Crippen LogP contribution is -2.45. The highest BCUT2D eigenvalue weighted by molar-refractivity contribution is 6.27. The summed E-state index contributed by atoms with van der Waals surface area (Å²) in [6.45, 7) is -0.342. The Morgan fingerprint density at radius 2 is 1.57 bits per heavy atom. The number of hydrazone groups is 1. The van der Waals surface area contributed by atoms with E-state index in [0.29, 0.717) is 5.69 Å². The largest absolute Gasteiger partial charge is 0.271 e. The van der Waals surface area contributed by atoms with Crippen molar-refractivity contribution in [2.75, 3.05) is 11.4 Å². The van der Waals surface area contributed by atoms with Gasteiger partial charge in [-0.05, 0) is 77.8 Å². The molecular weight excluding hydrogens is 602 g/mol. The third-order valence-corrected chi connectivity index (χ3v) is 9.34. The summed E-state index contributed by atoms with van der Waals surface area (Å²) in [5, 5.41) is 17.4. The van der Waals surface area contributed by atoms with Crippen LogP contribution in [0, 0.1) is 17.6 Å². The van der Waals surface area contributed by atoms with E-state index in [0.717, 1.165) is 57.3 Å². The van der Waals surface area contributed by atoms with E-state index >= 15 is 0 Å². The minimum absolute atomic E-state index is 0.158. The van der Waals surface area contributed by atoms with Gasteiger partial charge in [-0.1, -0.05) is 65.9 Å². The normalized spacial score (nSPS) is 24.3. The van der Waals surface area contributed by atoms with E-state index in [1.54, 1.807) is 36.4 Å². The van der Waals surface area contributed by atoms with Gasteiger partial charge < -0.3 is 0 Å². The van der Waals surface area contributed by atoms with E-state index in [2.05, 4.69) is 10.3 Å². The molecule has 0 bridgehead atoms. The van der Waals surface area contributed by atoms with Crippen molar-refractivity contribution >= 4 is 46.0 Å². The first-order valence-corrected chi connectivity index (χ1v) is 15.5. The third kappa shape index (κ3) is 4.89. The molecule has 0 radical (unpaired) electrons. The summed E-state index contributed by atoms with van der Waals surface area (Å²) in [5.41, 5.74) is 3.69. The lowest BCUT2D eigenvalue weighted by molar-refractivity contribution is -0.136. The Bertz CT molecular complexity index is 2020. The molecule has 3 amide bonds. The van der Waals surface area contributed by atoms with Crippen LogP contribution in [-0.4, -0.2) is 52.1 Å². The molecule has 4 atom stereocenters. The zero-order chi connectivity index (χ0) is 32.2. The van der Waals surface area contributed by atoms with Gasteiger partial charge in [-0.3, -0.25) is 19.4 Å². The van der Waals surface area contributed by atoms with Gasteiger partial charge in [0.25, 0.3) is 17.7 Å². The minimum atomic E-state index is -1.07. The number of hydrogen-bond acceptors (Lipinski definition) is 7. The van der Waals surface area contributed by atoms with Crippen molar-refractivity contribution < 1.29 is 23.2 Å². The zero-order valence-corrected chi connectivity index (χ0v) is 25.0. The summed E-state index contributed by atoms with van der Waals surface area (Å²) in [6, 6.07) is 22.5. The predicted molar refractivity (Wildman–Crippen MR) is 171 cm³/mol. The van der Waals surface area contributed by atoms with Gasteiger partial charge in [0, 0.05) is 11.3 Å². The highest BCUT2D eigenvalue weighted by atomic mass is 19.1. The Labute approximate surface area is 268 Å². The van der Waals surface area contributed by atoms with Crippen molar-refractivity contribution in [3.63, 3.8) is 0 Å². The Morgan fingerprint density at radius 1 is 0.851 bits per heavy atom. The van der Waals surface area contributed by atoms with Gasteiger partial charge in [0.15, 0.2) is 12.1 Å². The number of allylic oxidation sites excluding steroid dienone is 1. The van der Waals surface area contributed by atoms with Crippen LogP contribution < -0.4 is 4.90 Å². The molecule has 0 aromatic heterocycles. The first-order chi connectivity index (χ1) is 22.9. The number of halogens is 2. The maximum atomic E-state index is 14.1. The van der Waals surface area contributed by atoms with Crippen molar-refractivity contribution in [3.8, 4) is 0 Å². The van der Waals surface area contributed by atoms with Gasteiger partial charge in [0.1, 0.15) is 18.2 Å². The monoisotopic (exact) mass is 630 g/mol. The molecule has 2 fully saturated rings. The van der Waals surface area contributed by atoms with Crippen LogP contribution in [0.15, 0.2) is 112 Å². The number of hydrogen-bond donors (Lipinski definition) is 0. The number of amides is 3. The molecule has 3 heterocycles. The Morgan fingerprint density at radius 3 is 2.36 bits per heavy atom. The van der Waals surface area contributed by atoms with Crippen LogP contribution in [0.25, 0.3) is 16.8 Å². The molecule has 0 spiro atoms. The molecule has 0 N–H and O–H groups in total. The number of anilines is 1. The standard InChI is InChI=1S/C36H28F2N6O3/c37-25-15-11-21(12-16-25)19-24-7-3-9-28-31(24)40-44(33(28)23-13-17-26(38)18-14-23)30(45)20-42-34-32(39-41-42)35(46)43(36(34)47)29-10-4-6-22-5-1-2-8-27(22)29/h1-2,4-6,8,10-19,28,32-34H,3,7,9,20H2/b24-19+/t28-,32+,33-,34-/m0/s1. The second-order valence-corrected chi connectivity index (χ2v) is 12.1. The number of benzene rings is 4. The Kier molecular flexibility index (Phi) is 6.96. The smallest absolute Gasteiger partial charge is 0.264 e. The number of imide groups is 1. The molecule has 9 nitrogen and oxygen atoms in total. The number of carbonyl (C=O) groups excluding carboxylic acids is 3. The fourth-order valence-electron chi connectivity index (χ4n) is 7.17. The molecule has 4 aliphatic rings. The minimum Gasteiger partial charge on any atom is -0.271 e. The molecule has 11 heteroatoms. The van der Waals surface area contributed by atoms with Gasteiger partial charge in [-0.25, -0.2) is 18.7 Å². The van der Waals surface area contributed by atoms with Crippen LogP contribution in [0.1, 0.15) is 36.4 Å². The number of carbonyl (C=O) groups is 3. The van der Waals surface area contributed by atoms with Crippen molar-refractivity contribution in [2.45, 2.75) is 37.4 Å². The van der Waals surface area contributed by atoms with Crippen LogP contribution in [0.4, 0.5) is 14.5 Å². The SMILES string of the molecule is O=C1[C@@H]2[C@@H](N=NN2CC(=O)N2N=C3/C(=C/c4ccc(F)cc4)CCC[C@@H]3[C@@H]2c2ccc(F)cc2)C(=O)N1c1cccc2ccccc12. The molecule has 234 valence electrons. The number of fused-ring (bicyclic) bond motifs is 3. The fraction of sp³-hybridized carbons (Fsp3) is 0.222. The van der Waals surface area contributed by atoms with Gasteiger partial charge in [-0.2, -0.15) is 10.2 Å². The number of nitrogens with zero attached hydrogens (tertiary/aromatic N) is 6. The molecule has 3 aliphatic heterocycles. The first-order valence-electron chi connectivity index (χ1n) is 15.5. The molecule has 1 saturated heterocycles. The lowest BCUT2D eigenvalue weighted by Gasteiger charge is -2.30. The first kappa shape index (κ1) is 28.9. The summed E-state index contributed by atoms with van der Waals surface area (Å²) in [4.78, 5) is 42.6. The van der Waals surface area contributed by atoms with Crippen LogP contribution in [-0.2, 0) is 14.4 Å². The van der Waals surface area contributed by atoms with Gasteiger partial charge in [0.05, 0.1) is 17.4 Å². The molecule has 47 heavy (non-hydrogen) atoms. The van der Waals surface area contributed by atoms with E-state index in [4.69, 9.17) is 5.10 Å². The van der Waals surface area contributed by atoms with Gasteiger partial charge in [-0.15, -0.1) is 0 Å². The van der Waals surface area contributed by atoms with E-state index in [9.17, 15) is 23.2 Å². The van der Waals surface area contributed by atoms with E-state index in [1.165, 1.54) is 34.3 Å². The molecular formula is C36H28F2N6O3. The topological polar surface area (TPSA) is 98.0 Å². The van der Waals surface area contributed by atoms with Crippen LogP contribution in [0.2, 0.25) is 0 Å². The quantitative estimate of drug-likeness (QED) is 0.244. The van der Waals surface area contributed by atoms with E-state index in [-0.39, 0.29) is 18.3 Å². The summed E-state index contributed by atoms with van der Waals surface area (Å²) >= 11 is 0. The summed E-state index contributed by atoms with van der Waals surface area (Å²) in [5.74, 6) is -2.32. The van der Waals surface area contributed by atoms with E-state index in [1.807, 2.05) is 36.4 Å². The average molecular weight is 631 g/mol. The molecule has 1 aliphatic carbocycles. The molecule has 4 aromatic rings. The van der Waals surface area contributed by atoms with Crippen molar-refractivity contribution in [3.05, 3.63) is 119 Å². The van der Waals surface area contributed by atoms with Crippen molar-refractivity contribution in [2.24, 2.45) is 21.4 Å². The predicted octanol–water partition coefficient (Wildman–Crippen LogP) is 6.23. The molecule has 0 unspecified atom stereocenters. The highest BCUT2D eigenvalue weighted by Gasteiger charge is 2.56. The average Bonchev–Trinajstić information content (AvgIpc) is 3.75. The highest BCUT2D eigenvalue weighted by Crippen LogP contribution is 2.45. The second-order valence-electron chi connectivity index (χ2n) is 12.1. The fourth-order valence-corrected chi connectivity index (χ4v) is 7.17. The van der Waals surface area contributed by atoms with Crippen molar-refractivity contribution in [1.82, 2.24) is 10.0 Å². The van der Waals surface area contributed by atoms with E-state index < -0.39 is 41.7 Å². The van der Waals surface area contributed by atoms with Gasteiger partial charge >= 0.3 is 0 Å². The van der Waals surface area contributed by atoms with Crippen molar-refractivity contribution in [1.29, 1.82) is 0 Å². The second kappa shape index (κ2) is 11.3. The molecule has 8 rings (SSSR count). The van der Waals surface area contributed by atoms with Gasteiger partial charge in [0.2, 0.25) is 0 Å². The number of rotatable bonds is 5. The van der Waals surface area contributed by atoms with Crippen LogP contribution in [0.5, 0.6) is 0 Å². The zero-order valence-electron chi connectivity index (χ0n) is 25.0. The molecule has 4 aromatic carbocycles. The lowest BCUT2D eigenvalue weighted by atomic mass is 9.77. The summed E-state index contributed by atoms with van der Waals surface area (Å²) in [6.07, 6.45) is 4.30. The summed E-state index contributed by atoms with van der Waals surface area (Å²) < 4.78 is 27.5. The maximum absolute atomic E-state index is 14.1. The molecule has 1 saturated carbocycles. The van der Waals surface area contributed by atoms with Crippen LogP contribution >= 0.6 is 0 Å². The van der Waals surface area contributed by atoms with Crippen LogP contribution in [0.3, 0.4) is 0 Å². The Balaban J connectivity index is 1.10.